The van der Waals surface area contributed by atoms with Gasteiger partial charge in [0.25, 0.3) is 0 Å². The second kappa shape index (κ2) is 6.01. The smallest absolute Gasteiger partial charge is 0.00368 e. The van der Waals surface area contributed by atoms with Crippen molar-refractivity contribution in [3.8, 4) is 0 Å². The van der Waals surface area contributed by atoms with E-state index in [4.69, 9.17) is 17.2 Å². The van der Waals surface area contributed by atoms with Gasteiger partial charge in [-0.05, 0) is 38.4 Å². The number of hydrogen-bond acceptors (Lipinski definition) is 3. The van der Waals surface area contributed by atoms with Gasteiger partial charge in [-0.15, -0.1) is 0 Å². The predicted molar refractivity (Wildman–Crippen MR) is 39.9 cm³/mol. The molecule has 0 aromatic rings. The Morgan fingerprint density at radius 2 is 1.56 bits per heavy atom. The molecule has 0 rings (SSSR count). The van der Waals surface area contributed by atoms with Crippen LogP contribution in [0.5, 0.6) is 0 Å². The summed E-state index contributed by atoms with van der Waals surface area (Å²) < 4.78 is 0. The molecule has 0 radical (unpaired) electrons. The maximum atomic E-state index is 5.40. The summed E-state index contributed by atoms with van der Waals surface area (Å²) in [6.45, 7) is 2.13. The first-order valence-electron chi connectivity index (χ1n) is 3.45. The molecular formula is C6H17N3. The van der Waals surface area contributed by atoms with Crippen molar-refractivity contribution in [1.82, 2.24) is 0 Å². The Morgan fingerprint density at radius 1 is 1.00 bits per heavy atom. The summed E-state index contributed by atoms with van der Waals surface area (Å²) in [6, 6.07) is 0. The fraction of sp³-hybridized carbons (Fsp3) is 1.00. The summed E-state index contributed by atoms with van der Waals surface area (Å²) in [5.41, 5.74) is 16.1. The van der Waals surface area contributed by atoms with Gasteiger partial charge in [0.2, 0.25) is 0 Å². The normalized spacial score (nSPS) is 10.7. The van der Waals surface area contributed by atoms with E-state index in [0.717, 1.165) is 19.4 Å². The summed E-state index contributed by atoms with van der Waals surface area (Å²) in [6.07, 6.45) is 2.11. The molecular weight excluding hydrogens is 114 g/mol. The van der Waals surface area contributed by atoms with Crippen LogP contribution in [0, 0.1) is 5.92 Å². The van der Waals surface area contributed by atoms with Crippen molar-refractivity contribution in [2.24, 2.45) is 23.1 Å². The second-order valence-electron chi connectivity index (χ2n) is 2.27. The van der Waals surface area contributed by atoms with E-state index in [1.165, 1.54) is 0 Å². The Bertz CT molecular complexity index is 52.3. The minimum absolute atomic E-state index is 0.480. The number of rotatable bonds is 5. The third-order valence-corrected chi connectivity index (χ3v) is 1.48. The highest BCUT2D eigenvalue weighted by Gasteiger charge is 2.00. The summed E-state index contributed by atoms with van der Waals surface area (Å²) >= 11 is 0. The Balaban J connectivity index is 3.09. The molecule has 0 bridgehead atoms. The van der Waals surface area contributed by atoms with E-state index in [1.54, 1.807) is 0 Å². The third-order valence-electron chi connectivity index (χ3n) is 1.48. The SMILES string of the molecule is NCCCC(CN)CN. The zero-order valence-corrected chi connectivity index (χ0v) is 5.84. The Labute approximate surface area is 56.6 Å². The minimum atomic E-state index is 0.480. The lowest BCUT2D eigenvalue weighted by Crippen LogP contribution is -2.23. The highest BCUT2D eigenvalue weighted by molar-refractivity contribution is 4.59. The zero-order valence-electron chi connectivity index (χ0n) is 5.84. The molecule has 0 amide bonds. The lowest BCUT2D eigenvalue weighted by molar-refractivity contribution is 0.492. The Hall–Kier alpha value is -0.120. The third kappa shape index (κ3) is 4.39. The molecule has 0 aromatic carbocycles. The summed E-state index contributed by atoms with van der Waals surface area (Å²) in [7, 11) is 0. The van der Waals surface area contributed by atoms with Gasteiger partial charge < -0.3 is 17.2 Å². The molecule has 0 aromatic heterocycles. The van der Waals surface area contributed by atoms with Crippen LogP contribution < -0.4 is 17.2 Å². The topological polar surface area (TPSA) is 78.1 Å². The molecule has 0 atom stereocenters. The molecule has 56 valence electrons. The van der Waals surface area contributed by atoms with Crippen molar-refractivity contribution in [2.45, 2.75) is 12.8 Å². The largest absolute Gasteiger partial charge is 0.330 e. The van der Waals surface area contributed by atoms with Crippen LogP contribution in [0.1, 0.15) is 12.8 Å². The second-order valence-corrected chi connectivity index (χ2v) is 2.27. The van der Waals surface area contributed by atoms with Crippen LogP contribution in [-0.4, -0.2) is 19.6 Å². The molecule has 9 heavy (non-hydrogen) atoms. The molecule has 0 heterocycles. The van der Waals surface area contributed by atoms with Gasteiger partial charge in [-0.25, -0.2) is 0 Å². The predicted octanol–water partition coefficient (Wildman–Crippen LogP) is -0.741. The van der Waals surface area contributed by atoms with Crippen LogP contribution in [-0.2, 0) is 0 Å². The maximum absolute atomic E-state index is 5.40. The maximum Gasteiger partial charge on any atom is -0.00368 e. The molecule has 0 spiro atoms. The number of nitrogens with two attached hydrogens (primary N) is 3. The van der Waals surface area contributed by atoms with Gasteiger partial charge in [0.15, 0.2) is 0 Å². The van der Waals surface area contributed by atoms with Crippen LogP contribution in [0.15, 0.2) is 0 Å². The molecule has 0 saturated carbocycles. The molecule has 3 nitrogen and oxygen atoms in total. The fourth-order valence-electron chi connectivity index (χ4n) is 0.738. The van der Waals surface area contributed by atoms with Crippen LogP contribution in [0.25, 0.3) is 0 Å². The van der Waals surface area contributed by atoms with Crippen molar-refractivity contribution in [3.05, 3.63) is 0 Å². The molecule has 0 fully saturated rings. The van der Waals surface area contributed by atoms with Crippen molar-refractivity contribution in [2.75, 3.05) is 19.6 Å². The lowest BCUT2D eigenvalue weighted by atomic mass is 10.0. The zero-order chi connectivity index (χ0) is 7.11. The van der Waals surface area contributed by atoms with Crippen LogP contribution >= 0.6 is 0 Å². The molecule has 0 aliphatic heterocycles. The highest BCUT2D eigenvalue weighted by atomic mass is 14.6. The van der Waals surface area contributed by atoms with E-state index >= 15 is 0 Å². The Morgan fingerprint density at radius 3 is 1.89 bits per heavy atom. The first-order chi connectivity index (χ1) is 4.35. The molecule has 0 unspecified atom stereocenters. The number of hydrogen-bond donors (Lipinski definition) is 3. The fourth-order valence-corrected chi connectivity index (χ4v) is 0.738. The summed E-state index contributed by atoms with van der Waals surface area (Å²) in [5, 5.41) is 0. The van der Waals surface area contributed by atoms with E-state index in [-0.39, 0.29) is 0 Å². The van der Waals surface area contributed by atoms with Gasteiger partial charge in [-0.3, -0.25) is 0 Å². The standard InChI is InChI=1S/C6H17N3/c7-3-1-2-6(4-8)5-9/h6H,1-5,7-9H2. The average molecular weight is 131 g/mol. The van der Waals surface area contributed by atoms with E-state index in [0.29, 0.717) is 19.0 Å². The van der Waals surface area contributed by atoms with Gasteiger partial charge in [-0.2, -0.15) is 0 Å². The molecule has 6 N–H and O–H groups in total. The first kappa shape index (κ1) is 8.88. The monoisotopic (exact) mass is 131 g/mol. The van der Waals surface area contributed by atoms with E-state index < -0.39 is 0 Å². The quantitative estimate of drug-likeness (QED) is 0.460. The van der Waals surface area contributed by atoms with E-state index in [2.05, 4.69) is 0 Å². The lowest BCUT2D eigenvalue weighted by Gasteiger charge is -2.09. The minimum Gasteiger partial charge on any atom is -0.330 e. The van der Waals surface area contributed by atoms with Crippen LogP contribution in [0.2, 0.25) is 0 Å². The van der Waals surface area contributed by atoms with Crippen molar-refractivity contribution < 1.29 is 0 Å². The molecule has 0 aliphatic rings. The first-order valence-corrected chi connectivity index (χ1v) is 3.45. The van der Waals surface area contributed by atoms with Gasteiger partial charge in [0.05, 0.1) is 0 Å². The van der Waals surface area contributed by atoms with Crippen LogP contribution in [0.4, 0.5) is 0 Å². The highest BCUT2D eigenvalue weighted by Crippen LogP contribution is 2.00. The summed E-state index contributed by atoms with van der Waals surface area (Å²) in [5.74, 6) is 0.480. The van der Waals surface area contributed by atoms with Crippen molar-refractivity contribution in [1.29, 1.82) is 0 Å². The van der Waals surface area contributed by atoms with Crippen molar-refractivity contribution in [3.63, 3.8) is 0 Å². The Kier molecular flexibility index (Phi) is 5.93. The van der Waals surface area contributed by atoms with Gasteiger partial charge >= 0.3 is 0 Å². The average Bonchev–Trinajstić information content (AvgIpc) is 1.91. The van der Waals surface area contributed by atoms with Crippen LogP contribution in [0.3, 0.4) is 0 Å². The van der Waals surface area contributed by atoms with Gasteiger partial charge in [-0.1, -0.05) is 0 Å². The van der Waals surface area contributed by atoms with Gasteiger partial charge in [0, 0.05) is 0 Å². The van der Waals surface area contributed by atoms with Crippen molar-refractivity contribution >= 4 is 0 Å². The van der Waals surface area contributed by atoms with Gasteiger partial charge in [0.1, 0.15) is 0 Å². The summed E-state index contributed by atoms with van der Waals surface area (Å²) in [4.78, 5) is 0. The van der Waals surface area contributed by atoms with E-state index in [1.807, 2.05) is 0 Å². The molecule has 0 saturated heterocycles. The molecule has 3 heteroatoms. The molecule has 0 aliphatic carbocycles. The van der Waals surface area contributed by atoms with E-state index in [9.17, 15) is 0 Å².